The van der Waals surface area contributed by atoms with E-state index >= 15 is 0 Å². The Bertz CT molecular complexity index is 1170. The fourth-order valence-electron chi connectivity index (χ4n) is 5.39. The molecule has 1 aliphatic carbocycles. The van der Waals surface area contributed by atoms with Crippen LogP contribution in [0.5, 0.6) is 0 Å². The topological polar surface area (TPSA) is 73.4 Å². The van der Waals surface area contributed by atoms with Gasteiger partial charge in [-0.3, -0.25) is 9.69 Å². The van der Waals surface area contributed by atoms with Gasteiger partial charge in [0.05, 0.1) is 5.52 Å². The van der Waals surface area contributed by atoms with Crippen molar-refractivity contribution in [2.24, 2.45) is 0 Å². The maximum absolute atomic E-state index is 11.6. The summed E-state index contributed by atoms with van der Waals surface area (Å²) in [7, 11) is 6.58. The van der Waals surface area contributed by atoms with Gasteiger partial charge in [0.2, 0.25) is 0 Å². The van der Waals surface area contributed by atoms with Gasteiger partial charge in [0.25, 0.3) is 0 Å². The van der Waals surface area contributed by atoms with Gasteiger partial charge in [0.15, 0.2) is 5.43 Å². The van der Waals surface area contributed by atoms with Crippen LogP contribution in [-0.2, 0) is 5.54 Å². The highest BCUT2D eigenvalue weighted by Gasteiger charge is 2.39. The Kier molecular flexibility index (Phi) is 8.35. The van der Waals surface area contributed by atoms with Crippen molar-refractivity contribution in [3.05, 3.63) is 76.1 Å². The smallest absolute Gasteiger partial charge is 0.352 e. The standard InChI is InChI=1S/C17H25N.C10H6ClNO3S/c1-4-10-16(11-5-1)17(12-6-2-7-13-17)18-14-8-3-9-15-18;11-16-5-1-2-6-7(3-5)12-8(10(14)15)4-9(6)13/h1,4-5,10-11H,2-3,6-9,12-15H2;1-4H,(H,12,13)(H,14,15). The fourth-order valence-corrected chi connectivity index (χ4v) is 5.96. The molecule has 2 N–H and O–H groups in total. The average Bonchev–Trinajstić information content (AvgIpc) is 2.90. The second-order valence-electron chi connectivity index (χ2n) is 9.14. The van der Waals surface area contributed by atoms with Gasteiger partial charge in [-0.25, -0.2) is 4.79 Å². The summed E-state index contributed by atoms with van der Waals surface area (Å²) in [6.45, 7) is 2.63. The zero-order valence-electron chi connectivity index (χ0n) is 19.3. The Morgan fingerprint density at radius 3 is 2.26 bits per heavy atom. The van der Waals surface area contributed by atoms with Crippen molar-refractivity contribution >= 4 is 38.5 Å². The zero-order chi connectivity index (χ0) is 24.0. The molecule has 2 aliphatic rings. The predicted octanol–water partition coefficient (Wildman–Crippen LogP) is 6.80. The van der Waals surface area contributed by atoms with Crippen LogP contribution in [-0.4, -0.2) is 34.0 Å². The predicted molar refractivity (Wildman–Crippen MR) is 140 cm³/mol. The summed E-state index contributed by atoms with van der Waals surface area (Å²) >= 11 is 0. The quantitative estimate of drug-likeness (QED) is 0.413. The molecule has 0 radical (unpaired) electrons. The summed E-state index contributed by atoms with van der Waals surface area (Å²) in [6.07, 6.45) is 11.2. The Hall–Kier alpha value is -2.28. The number of nitrogens with zero attached hydrogens (tertiary/aromatic N) is 1. The van der Waals surface area contributed by atoms with Crippen LogP contribution in [0.1, 0.15) is 67.4 Å². The number of aromatic carboxylic acids is 1. The number of carboxylic acids is 1. The average molecular weight is 499 g/mol. The number of aromatic amines is 1. The zero-order valence-corrected chi connectivity index (χ0v) is 20.8. The van der Waals surface area contributed by atoms with Crippen LogP contribution in [0.25, 0.3) is 10.9 Å². The number of halogens is 1. The van der Waals surface area contributed by atoms with Crippen LogP contribution in [0, 0.1) is 0 Å². The first kappa shape index (κ1) is 24.8. The molecular formula is C27H31ClN2O3S. The highest BCUT2D eigenvalue weighted by molar-refractivity contribution is 8.21. The third-order valence-corrected chi connectivity index (χ3v) is 8.04. The van der Waals surface area contributed by atoms with Crippen LogP contribution in [0.4, 0.5) is 0 Å². The normalized spacial score (nSPS) is 18.1. The number of nitrogens with one attached hydrogen (secondary N) is 1. The minimum absolute atomic E-state index is 0.130. The summed E-state index contributed by atoms with van der Waals surface area (Å²) in [5.41, 5.74) is 1.97. The van der Waals surface area contributed by atoms with Gasteiger partial charge >= 0.3 is 5.97 Å². The monoisotopic (exact) mass is 498 g/mol. The summed E-state index contributed by atoms with van der Waals surface area (Å²) in [5, 5.41) is 9.24. The summed E-state index contributed by atoms with van der Waals surface area (Å²) in [5.74, 6) is -1.16. The second-order valence-corrected chi connectivity index (χ2v) is 10.2. The Balaban J connectivity index is 0.000000162. The molecule has 2 heterocycles. The van der Waals surface area contributed by atoms with Crippen LogP contribution < -0.4 is 5.43 Å². The molecule has 0 amide bonds. The first-order valence-corrected chi connectivity index (χ1v) is 13.7. The molecule has 1 saturated carbocycles. The molecule has 5 rings (SSSR count). The number of carboxylic acid groups (broad SMARTS) is 1. The molecule has 0 bridgehead atoms. The number of rotatable bonds is 4. The van der Waals surface area contributed by atoms with Crippen molar-refractivity contribution in [1.29, 1.82) is 0 Å². The van der Waals surface area contributed by atoms with E-state index < -0.39 is 5.97 Å². The molecule has 1 aromatic heterocycles. The van der Waals surface area contributed by atoms with Crippen molar-refractivity contribution in [2.75, 3.05) is 13.1 Å². The van der Waals surface area contributed by atoms with Gasteiger partial charge in [-0.2, -0.15) is 0 Å². The van der Waals surface area contributed by atoms with Gasteiger partial charge in [0.1, 0.15) is 5.69 Å². The number of piperidine rings is 1. The van der Waals surface area contributed by atoms with Crippen LogP contribution >= 0.6 is 21.7 Å². The van der Waals surface area contributed by atoms with Crippen molar-refractivity contribution in [2.45, 2.75) is 61.8 Å². The van der Waals surface area contributed by atoms with Gasteiger partial charge in [-0.15, -0.1) is 0 Å². The van der Waals surface area contributed by atoms with Crippen molar-refractivity contribution < 1.29 is 9.90 Å². The number of likely N-dealkylation sites (tertiary alicyclic amines) is 1. The third-order valence-electron chi connectivity index (χ3n) is 7.07. The molecule has 3 aromatic rings. The van der Waals surface area contributed by atoms with E-state index in [0.29, 0.717) is 16.4 Å². The molecule has 180 valence electrons. The second kappa shape index (κ2) is 11.4. The minimum Gasteiger partial charge on any atom is -0.477 e. The van der Waals surface area contributed by atoms with E-state index in [0.717, 1.165) is 21.9 Å². The Labute approximate surface area is 209 Å². The fraction of sp³-hybridized carbons (Fsp3) is 0.407. The molecule has 0 atom stereocenters. The summed E-state index contributed by atoms with van der Waals surface area (Å²) < 4.78 is 0. The van der Waals surface area contributed by atoms with Crippen molar-refractivity contribution in [3.8, 4) is 0 Å². The Morgan fingerprint density at radius 1 is 0.941 bits per heavy atom. The highest BCUT2D eigenvalue weighted by atomic mass is 35.7. The maximum atomic E-state index is 11.6. The van der Waals surface area contributed by atoms with E-state index in [1.54, 1.807) is 23.8 Å². The maximum Gasteiger partial charge on any atom is 0.352 e. The molecule has 2 aromatic carbocycles. The first-order valence-electron chi connectivity index (χ1n) is 12.0. The molecule has 0 unspecified atom stereocenters. The van der Waals surface area contributed by atoms with Crippen molar-refractivity contribution in [3.63, 3.8) is 0 Å². The number of aromatic nitrogens is 1. The van der Waals surface area contributed by atoms with Crippen LogP contribution in [0.2, 0.25) is 0 Å². The number of carbonyl (C=O) groups is 1. The largest absolute Gasteiger partial charge is 0.477 e. The van der Waals surface area contributed by atoms with E-state index in [1.807, 2.05) is 0 Å². The lowest BCUT2D eigenvalue weighted by atomic mass is 9.74. The van der Waals surface area contributed by atoms with E-state index in [1.165, 1.54) is 64.5 Å². The molecule has 1 aliphatic heterocycles. The summed E-state index contributed by atoms with van der Waals surface area (Å²) in [6, 6.07) is 17.3. The number of H-pyrrole nitrogens is 1. The van der Waals surface area contributed by atoms with Crippen molar-refractivity contribution in [1.82, 2.24) is 9.88 Å². The third kappa shape index (κ3) is 5.51. The SMILES string of the molecule is O=C(O)c1cc(=O)c2ccc(SCl)cc2[nH]1.c1ccc(C2(N3CCCCC3)CCCCC2)cc1. The molecule has 2 fully saturated rings. The van der Waals surface area contributed by atoms with Gasteiger partial charge in [-0.1, -0.05) is 56.0 Å². The Morgan fingerprint density at radius 2 is 1.62 bits per heavy atom. The number of benzene rings is 2. The van der Waals surface area contributed by atoms with Gasteiger partial charge < -0.3 is 10.1 Å². The van der Waals surface area contributed by atoms with Gasteiger partial charge in [0, 0.05) is 21.9 Å². The van der Waals surface area contributed by atoms with Crippen LogP contribution in [0.3, 0.4) is 0 Å². The number of fused-ring (bicyclic) bond motifs is 1. The van der Waals surface area contributed by atoms with E-state index in [-0.39, 0.29) is 11.1 Å². The molecule has 1 saturated heterocycles. The molecule has 0 spiro atoms. The van der Waals surface area contributed by atoms with Crippen LogP contribution in [0.15, 0.2) is 64.3 Å². The lowest BCUT2D eigenvalue weighted by molar-refractivity contribution is 0.0303. The lowest BCUT2D eigenvalue weighted by Gasteiger charge is -2.48. The number of hydrogen-bond donors (Lipinski definition) is 2. The number of hydrogen-bond acceptors (Lipinski definition) is 4. The number of pyridine rings is 1. The minimum atomic E-state index is -1.16. The van der Waals surface area contributed by atoms with E-state index in [4.69, 9.17) is 15.8 Å². The lowest BCUT2D eigenvalue weighted by Crippen LogP contribution is -2.49. The summed E-state index contributed by atoms with van der Waals surface area (Å²) in [4.78, 5) is 28.6. The molecule has 5 nitrogen and oxygen atoms in total. The van der Waals surface area contributed by atoms with Gasteiger partial charge in [-0.05, 0) is 84.2 Å². The van der Waals surface area contributed by atoms with E-state index in [2.05, 4.69) is 40.2 Å². The molecule has 7 heteroatoms. The molecular weight excluding hydrogens is 468 g/mol. The highest BCUT2D eigenvalue weighted by Crippen LogP contribution is 2.43. The first-order chi connectivity index (χ1) is 16.5. The van der Waals surface area contributed by atoms with E-state index in [9.17, 15) is 9.59 Å². The molecule has 34 heavy (non-hydrogen) atoms.